The smallest absolute Gasteiger partial charge is 0.141 e. The Kier molecular flexibility index (Phi) is 3.75. The predicted molar refractivity (Wildman–Crippen MR) is 84.8 cm³/mol. The molecule has 110 valence electrons. The van der Waals surface area contributed by atoms with Crippen molar-refractivity contribution in [1.82, 2.24) is 0 Å². The van der Waals surface area contributed by atoms with Crippen LogP contribution in [0.5, 0.6) is 5.75 Å². The van der Waals surface area contributed by atoms with Gasteiger partial charge in [0.25, 0.3) is 0 Å². The van der Waals surface area contributed by atoms with Crippen LogP contribution in [-0.4, -0.2) is 6.61 Å². The van der Waals surface area contributed by atoms with Crippen LogP contribution in [-0.2, 0) is 6.42 Å². The van der Waals surface area contributed by atoms with Gasteiger partial charge in [0.1, 0.15) is 5.75 Å². The Bertz CT molecular complexity index is 497. The first-order valence-corrected chi connectivity index (χ1v) is 8.28. The van der Waals surface area contributed by atoms with E-state index >= 15 is 0 Å². The molecule has 1 fully saturated rings. The Morgan fingerprint density at radius 1 is 1.20 bits per heavy atom. The summed E-state index contributed by atoms with van der Waals surface area (Å²) in [7, 11) is 0. The lowest BCUT2D eigenvalue weighted by Gasteiger charge is -2.36. The van der Waals surface area contributed by atoms with Crippen molar-refractivity contribution < 1.29 is 4.74 Å². The first kappa shape index (κ1) is 14.3. The molecule has 0 saturated heterocycles. The average molecular weight is 293 g/mol. The molecule has 2 aliphatic carbocycles. The average Bonchev–Trinajstić information content (AvgIpc) is 3.19. The van der Waals surface area contributed by atoms with Crippen LogP contribution >= 0.6 is 11.6 Å². The molecule has 0 radical (unpaired) electrons. The molecule has 1 aromatic carbocycles. The molecule has 3 rings (SSSR count). The quantitative estimate of drug-likeness (QED) is 0.705. The van der Waals surface area contributed by atoms with Gasteiger partial charge < -0.3 is 4.74 Å². The molecule has 0 amide bonds. The van der Waals surface area contributed by atoms with Crippen LogP contribution in [0.25, 0.3) is 0 Å². The van der Waals surface area contributed by atoms with Crippen molar-refractivity contribution in [3.8, 4) is 5.75 Å². The van der Waals surface area contributed by atoms with Crippen LogP contribution in [0.15, 0.2) is 12.1 Å². The van der Waals surface area contributed by atoms with Crippen LogP contribution in [0.3, 0.4) is 0 Å². The summed E-state index contributed by atoms with van der Waals surface area (Å²) in [6.07, 6.45) is 6.27. The van der Waals surface area contributed by atoms with E-state index in [2.05, 4.69) is 26.8 Å². The van der Waals surface area contributed by atoms with Gasteiger partial charge in [-0.15, -0.1) is 0 Å². The number of ether oxygens (including phenoxy) is 1. The summed E-state index contributed by atoms with van der Waals surface area (Å²) in [6.45, 7) is 7.86. The standard InChI is InChI=1S/C18H25ClO/c1-18(2,3)15-6-4-5-14-13(15)9-10-16(19)17(14)20-11-12-7-8-12/h9-10,12,15H,4-8,11H2,1-3H3. The molecule has 20 heavy (non-hydrogen) atoms. The Morgan fingerprint density at radius 3 is 2.60 bits per heavy atom. The molecule has 1 saturated carbocycles. The van der Waals surface area contributed by atoms with Crippen molar-refractivity contribution in [2.75, 3.05) is 6.61 Å². The monoisotopic (exact) mass is 292 g/mol. The van der Waals surface area contributed by atoms with Crippen LogP contribution in [0, 0.1) is 11.3 Å². The highest BCUT2D eigenvalue weighted by Crippen LogP contribution is 2.47. The fourth-order valence-corrected chi connectivity index (χ4v) is 3.61. The highest BCUT2D eigenvalue weighted by atomic mass is 35.5. The van der Waals surface area contributed by atoms with E-state index in [0.717, 1.165) is 29.7 Å². The summed E-state index contributed by atoms with van der Waals surface area (Å²) in [5.41, 5.74) is 3.15. The molecule has 0 heterocycles. The van der Waals surface area contributed by atoms with Gasteiger partial charge in [-0.2, -0.15) is 0 Å². The SMILES string of the molecule is CC(C)(C)C1CCCc2c1ccc(Cl)c2OCC1CC1. The predicted octanol–water partition coefficient (Wildman–Crippen LogP) is 5.59. The summed E-state index contributed by atoms with van der Waals surface area (Å²) in [4.78, 5) is 0. The van der Waals surface area contributed by atoms with Crippen molar-refractivity contribution in [1.29, 1.82) is 0 Å². The van der Waals surface area contributed by atoms with Gasteiger partial charge in [-0.25, -0.2) is 0 Å². The van der Waals surface area contributed by atoms with Crippen molar-refractivity contribution >= 4 is 11.6 Å². The van der Waals surface area contributed by atoms with Gasteiger partial charge >= 0.3 is 0 Å². The number of benzene rings is 1. The molecule has 0 aliphatic heterocycles. The molecular formula is C18H25ClO. The third-order valence-corrected chi connectivity index (χ3v) is 5.05. The highest BCUT2D eigenvalue weighted by molar-refractivity contribution is 6.32. The zero-order valence-corrected chi connectivity index (χ0v) is 13.6. The lowest BCUT2D eigenvalue weighted by molar-refractivity contribution is 0.274. The topological polar surface area (TPSA) is 9.23 Å². The van der Waals surface area contributed by atoms with Gasteiger partial charge in [0, 0.05) is 0 Å². The third kappa shape index (κ3) is 2.83. The second-order valence-corrected chi connectivity index (χ2v) is 7.92. The molecule has 0 bridgehead atoms. The molecular weight excluding hydrogens is 268 g/mol. The second kappa shape index (κ2) is 5.26. The van der Waals surface area contributed by atoms with Crippen molar-refractivity contribution in [2.24, 2.45) is 11.3 Å². The normalized spacial score (nSPS) is 22.5. The first-order valence-electron chi connectivity index (χ1n) is 7.91. The van der Waals surface area contributed by atoms with Crippen molar-refractivity contribution in [2.45, 2.75) is 58.8 Å². The highest BCUT2D eigenvalue weighted by Gasteiger charge is 2.32. The zero-order valence-electron chi connectivity index (χ0n) is 12.8. The van der Waals surface area contributed by atoms with Crippen LogP contribution in [0.4, 0.5) is 0 Å². The van der Waals surface area contributed by atoms with Crippen LogP contribution < -0.4 is 4.74 Å². The number of rotatable bonds is 3. The summed E-state index contributed by atoms with van der Waals surface area (Å²) in [6, 6.07) is 4.27. The Balaban J connectivity index is 1.94. The third-order valence-electron chi connectivity index (χ3n) is 4.75. The van der Waals surface area contributed by atoms with Crippen LogP contribution in [0.1, 0.15) is 63.5 Å². The van der Waals surface area contributed by atoms with E-state index in [4.69, 9.17) is 16.3 Å². The maximum Gasteiger partial charge on any atom is 0.141 e. The molecule has 2 heteroatoms. The number of fused-ring (bicyclic) bond motifs is 1. The molecule has 1 nitrogen and oxygen atoms in total. The van der Waals surface area contributed by atoms with E-state index < -0.39 is 0 Å². The Morgan fingerprint density at radius 2 is 1.95 bits per heavy atom. The van der Waals surface area contributed by atoms with Gasteiger partial charge in [0.05, 0.1) is 11.6 Å². The van der Waals surface area contributed by atoms with Crippen molar-refractivity contribution in [3.63, 3.8) is 0 Å². The molecule has 1 atom stereocenters. The van der Waals surface area contributed by atoms with E-state index in [9.17, 15) is 0 Å². The molecule has 1 unspecified atom stereocenters. The fraction of sp³-hybridized carbons (Fsp3) is 0.667. The first-order chi connectivity index (χ1) is 9.47. The molecule has 0 N–H and O–H groups in total. The maximum absolute atomic E-state index is 6.40. The lowest BCUT2D eigenvalue weighted by atomic mass is 9.69. The Labute approximate surface area is 127 Å². The maximum atomic E-state index is 6.40. The van der Waals surface area contributed by atoms with E-state index in [0.29, 0.717) is 11.3 Å². The largest absolute Gasteiger partial charge is 0.491 e. The van der Waals surface area contributed by atoms with Gasteiger partial charge in [-0.1, -0.05) is 38.4 Å². The van der Waals surface area contributed by atoms with Gasteiger partial charge in [-0.3, -0.25) is 0 Å². The summed E-state index contributed by atoms with van der Waals surface area (Å²) >= 11 is 6.40. The van der Waals surface area contributed by atoms with E-state index in [1.807, 2.05) is 6.07 Å². The Hall–Kier alpha value is -0.690. The summed E-state index contributed by atoms with van der Waals surface area (Å²) < 4.78 is 6.09. The summed E-state index contributed by atoms with van der Waals surface area (Å²) in [5.74, 6) is 2.36. The molecule has 1 aromatic rings. The van der Waals surface area contributed by atoms with Gasteiger partial charge in [0.15, 0.2) is 0 Å². The van der Waals surface area contributed by atoms with E-state index in [1.165, 1.54) is 36.8 Å². The number of halogens is 1. The van der Waals surface area contributed by atoms with Crippen LogP contribution in [0.2, 0.25) is 5.02 Å². The molecule has 2 aliphatic rings. The van der Waals surface area contributed by atoms with Gasteiger partial charge in [-0.05, 0) is 66.5 Å². The van der Waals surface area contributed by atoms with Crippen molar-refractivity contribution in [3.05, 3.63) is 28.3 Å². The minimum Gasteiger partial charge on any atom is -0.491 e. The summed E-state index contributed by atoms with van der Waals surface area (Å²) in [5, 5.41) is 0.791. The molecule has 0 spiro atoms. The number of hydrogen-bond donors (Lipinski definition) is 0. The fourth-order valence-electron chi connectivity index (χ4n) is 3.38. The minimum absolute atomic E-state index is 0.302. The second-order valence-electron chi connectivity index (χ2n) is 7.51. The molecule has 0 aromatic heterocycles. The van der Waals surface area contributed by atoms with E-state index in [-0.39, 0.29) is 0 Å². The van der Waals surface area contributed by atoms with E-state index in [1.54, 1.807) is 0 Å². The van der Waals surface area contributed by atoms with Gasteiger partial charge in [0.2, 0.25) is 0 Å². The lowest BCUT2D eigenvalue weighted by Crippen LogP contribution is -2.23. The number of hydrogen-bond acceptors (Lipinski definition) is 1. The zero-order chi connectivity index (χ0) is 14.3. The minimum atomic E-state index is 0.302.